The van der Waals surface area contributed by atoms with Crippen LogP contribution in [0, 0.1) is 6.92 Å². The summed E-state index contributed by atoms with van der Waals surface area (Å²) >= 11 is 0. The molecule has 4 heterocycles. The second kappa shape index (κ2) is 7.15. The van der Waals surface area contributed by atoms with Crippen molar-refractivity contribution in [1.29, 1.82) is 0 Å². The maximum atomic E-state index is 13.3. The van der Waals surface area contributed by atoms with Crippen LogP contribution >= 0.6 is 0 Å². The van der Waals surface area contributed by atoms with E-state index in [4.69, 9.17) is 36.1 Å². The van der Waals surface area contributed by atoms with Gasteiger partial charge in [-0.3, -0.25) is 0 Å². The van der Waals surface area contributed by atoms with E-state index < -0.39 is 20.6 Å². The Morgan fingerprint density at radius 3 is 2.56 bits per heavy atom. The number of aromatic nitrogens is 3. The third kappa shape index (κ3) is 3.22. The molecule has 8 radical (unpaired) electrons. The Morgan fingerprint density at radius 1 is 1.12 bits per heavy atom. The van der Waals surface area contributed by atoms with Crippen molar-refractivity contribution in [3.63, 3.8) is 0 Å². The highest BCUT2D eigenvalue weighted by Gasteiger charge is 2.46. The summed E-state index contributed by atoms with van der Waals surface area (Å²) in [6.07, 6.45) is 4.90. The molecule has 3 aromatic rings. The van der Waals surface area contributed by atoms with Crippen LogP contribution in [-0.4, -0.2) is 77.2 Å². The predicted octanol–water partition coefficient (Wildman–Crippen LogP) is 0.479. The van der Waals surface area contributed by atoms with Crippen molar-refractivity contribution in [2.45, 2.75) is 41.2 Å². The van der Waals surface area contributed by atoms with Gasteiger partial charge < -0.3 is 4.74 Å². The standard InChI is InChI=1S/C20H18B4N4O3S/c1-12-8-18-25-11-26-28(18)10-15(12)13-4-6-27(7-5-13)32(29,30)14-2-3-17-16(9-14)19(21,22)20(23,24)31-17/h2-3,8-11,13H,4-7H2,1H3. The third-order valence-electron chi connectivity index (χ3n) is 6.52. The van der Waals surface area contributed by atoms with E-state index in [1.54, 1.807) is 4.52 Å². The van der Waals surface area contributed by atoms with E-state index in [1.165, 1.54) is 28.8 Å². The van der Waals surface area contributed by atoms with E-state index in [1.807, 2.05) is 19.2 Å². The fourth-order valence-electron chi connectivity index (χ4n) is 4.51. The van der Waals surface area contributed by atoms with Gasteiger partial charge in [0.15, 0.2) is 5.65 Å². The first-order valence-corrected chi connectivity index (χ1v) is 11.7. The van der Waals surface area contributed by atoms with Crippen LogP contribution in [0.2, 0.25) is 0 Å². The molecule has 0 atom stereocenters. The maximum Gasteiger partial charge on any atom is 0.243 e. The molecule has 32 heavy (non-hydrogen) atoms. The van der Waals surface area contributed by atoms with Crippen molar-refractivity contribution >= 4 is 47.1 Å². The minimum atomic E-state index is -3.76. The summed E-state index contributed by atoms with van der Waals surface area (Å²) in [7, 11) is 20.1. The van der Waals surface area contributed by atoms with E-state index in [0.29, 0.717) is 25.9 Å². The summed E-state index contributed by atoms with van der Waals surface area (Å²) in [5.41, 5.74) is 3.34. The summed E-state index contributed by atoms with van der Waals surface area (Å²) < 4.78 is 35.3. The Morgan fingerprint density at radius 2 is 1.84 bits per heavy atom. The summed E-state index contributed by atoms with van der Waals surface area (Å²) in [6, 6.07) is 6.35. The fourth-order valence-corrected chi connectivity index (χ4v) is 6.01. The summed E-state index contributed by atoms with van der Waals surface area (Å²) in [4.78, 5) is 4.29. The molecule has 0 unspecified atom stereocenters. The fraction of sp³-hybridized carbons (Fsp3) is 0.400. The number of pyridine rings is 1. The lowest BCUT2D eigenvalue weighted by Crippen LogP contribution is -2.53. The Kier molecular flexibility index (Phi) is 4.84. The SMILES string of the molecule is [B]C1([B])Oc2ccc(S(=O)(=O)N3CCC(c4cn5ncnc5cc4C)CC3)cc2C1([B])[B]. The third-order valence-corrected chi connectivity index (χ3v) is 8.41. The zero-order valence-electron chi connectivity index (χ0n) is 17.6. The van der Waals surface area contributed by atoms with Crippen LogP contribution in [0.4, 0.5) is 0 Å². The largest absolute Gasteiger partial charge is 0.507 e. The highest BCUT2D eigenvalue weighted by Crippen LogP contribution is 2.44. The van der Waals surface area contributed by atoms with Gasteiger partial charge >= 0.3 is 0 Å². The molecule has 0 N–H and O–H groups in total. The van der Waals surface area contributed by atoms with E-state index in [2.05, 4.69) is 10.1 Å². The molecule has 12 heteroatoms. The molecule has 154 valence electrons. The van der Waals surface area contributed by atoms with Crippen molar-refractivity contribution in [3.8, 4) is 5.75 Å². The number of fused-ring (bicyclic) bond motifs is 2. The minimum absolute atomic E-state index is 0.0801. The monoisotopic (exact) mass is 438 g/mol. The number of rotatable bonds is 3. The van der Waals surface area contributed by atoms with E-state index in [0.717, 1.165) is 16.8 Å². The molecule has 2 aliphatic rings. The summed E-state index contributed by atoms with van der Waals surface area (Å²) in [5, 5.41) is 0.652. The van der Waals surface area contributed by atoms with Crippen molar-refractivity contribution in [1.82, 2.24) is 18.9 Å². The van der Waals surface area contributed by atoms with Gasteiger partial charge in [0.05, 0.1) is 20.6 Å². The highest BCUT2D eigenvalue weighted by molar-refractivity contribution is 7.89. The Balaban J connectivity index is 1.37. The van der Waals surface area contributed by atoms with Crippen LogP contribution in [0.1, 0.15) is 35.4 Å². The van der Waals surface area contributed by atoms with Gasteiger partial charge in [0.1, 0.15) is 27.8 Å². The van der Waals surface area contributed by atoms with Gasteiger partial charge in [0, 0.05) is 24.7 Å². The number of benzene rings is 1. The quantitative estimate of drug-likeness (QED) is 0.557. The van der Waals surface area contributed by atoms with Crippen LogP contribution in [-0.2, 0) is 15.2 Å². The lowest BCUT2D eigenvalue weighted by molar-refractivity contribution is 0.258. The molecule has 0 bridgehead atoms. The normalized spacial score (nSPS) is 20.8. The molecule has 5 rings (SSSR count). The van der Waals surface area contributed by atoms with E-state index in [9.17, 15) is 8.42 Å². The molecule has 1 saturated heterocycles. The maximum absolute atomic E-state index is 13.3. The van der Waals surface area contributed by atoms with Gasteiger partial charge in [-0.1, -0.05) is 5.21 Å². The molecular weight excluding hydrogens is 420 g/mol. The van der Waals surface area contributed by atoms with Gasteiger partial charge in [-0.05, 0) is 66.6 Å². The predicted molar refractivity (Wildman–Crippen MR) is 123 cm³/mol. The topological polar surface area (TPSA) is 76.8 Å². The number of hydrogen-bond acceptors (Lipinski definition) is 5. The smallest absolute Gasteiger partial charge is 0.243 e. The zero-order valence-corrected chi connectivity index (χ0v) is 18.4. The molecule has 2 aromatic heterocycles. The first-order valence-electron chi connectivity index (χ1n) is 10.3. The molecular formula is C20H18B4N4O3S. The van der Waals surface area contributed by atoms with Gasteiger partial charge in [-0.25, -0.2) is 17.9 Å². The van der Waals surface area contributed by atoms with Crippen LogP contribution in [0.25, 0.3) is 5.65 Å². The van der Waals surface area contributed by atoms with Crippen LogP contribution in [0.5, 0.6) is 5.75 Å². The summed E-state index contributed by atoms with van der Waals surface area (Å²) in [5.74, 6) is 0.510. The molecule has 0 aliphatic carbocycles. The molecule has 1 aromatic carbocycles. The van der Waals surface area contributed by atoms with Crippen molar-refractivity contribution in [3.05, 3.63) is 53.5 Å². The van der Waals surface area contributed by atoms with Crippen molar-refractivity contribution in [2.75, 3.05) is 13.1 Å². The lowest BCUT2D eigenvalue weighted by Gasteiger charge is -2.36. The highest BCUT2D eigenvalue weighted by atomic mass is 32.2. The first-order chi connectivity index (χ1) is 15.0. The van der Waals surface area contributed by atoms with E-state index in [-0.39, 0.29) is 22.1 Å². The van der Waals surface area contributed by atoms with Gasteiger partial charge in [-0.2, -0.15) is 9.40 Å². The van der Waals surface area contributed by atoms with Crippen LogP contribution in [0.3, 0.4) is 0 Å². The average Bonchev–Trinajstić information content (AvgIpc) is 3.26. The molecule has 0 saturated carbocycles. The molecule has 2 aliphatic heterocycles. The molecule has 0 spiro atoms. The number of ether oxygens (including phenoxy) is 1. The number of hydrogen-bond donors (Lipinski definition) is 0. The van der Waals surface area contributed by atoms with Crippen molar-refractivity contribution < 1.29 is 13.2 Å². The Bertz CT molecular complexity index is 1320. The zero-order chi connectivity index (χ0) is 22.9. The van der Waals surface area contributed by atoms with Crippen LogP contribution in [0.15, 0.2) is 41.7 Å². The Hall–Kier alpha value is -2.19. The number of sulfonamides is 1. The molecule has 0 amide bonds. The lowest BCUT2D eigenvalue weighted by atomic mass is 9.34. The van der Waals surface area contributed by atoms with Gasteiger partial charge in [0.2, 0.25) is 10.0 Å². The van der Waals surface area contributed by atoms with Crippen LogP contribution < -0.4 is 4.74 Å². The van der Waals surface area contributed by atoms with E-state index >= 15 is 0 Å². The molecule has 7 nitrogen and oxygen atoms in total. The Labute approximate surface area is 192 Å². The number of aryl methyl sites for hydroxylation is 1. The first kappa shape index (κ1) is 21.6. The van der Waals surface area contributed by atoms with Gasteiger partial charge in [-0.15, -0.1) is 0 Å². The molecule has 1 fully saturated rings. The average molecular weight is 438 g/mol. The number of piperidine rings is 1. The second-order valence-electron chi connectivity index (χ2n) is 8.58. The van der Waals surface area contributed by atoms with Crippen molar-refractivity contribution in [2.24, 2.45) is 0 Å². The van der Waals surface area contributed by atoms with Gasteiger partial charge in [0.25, 0.3) is 0 Å². The minimum Gasteiger partial charge on any atom is -0.507 e. The number of nitrogens with zero attached hydrogens (tertiary/aromatic N) is 4. The summed E-state index contributed by atoms with van der Waals surface area (Å²) in [6.45, 7) is 2.83. The second-order valence-corrected chi connectivity index (χ2v) is 10.5.